The second kappa shape index (κ2) is 6.04. The predicted octanol–water partition coefficient (Wildman–Crippen LogP) is 2.85. The Hall–Kier alpha value is -2.34. The summed E-state index contributed by atoms with van der Waals surface area (Å²) >= 11 is 6.18. The average Bonchev–Trinajstić information content (AvgIpc) is 3.14. The minimum atomic E-state index is -0.881. The van der Waals surface area contributed by atoms with Gasteiger partial charge in [0.25, 0.3) is 5.91 Å². The first-order valence-electron chi connectivity index (χ1n) is 7.22. The molecule has 7 heteroatoms. The molecule has 23 heavy (non-hydrogen) atoms. The van der Waals surface area contributed by atoms with Gasteiger partial charge in [0.2, 0.25) is 0 Å². The predicted molar refractivity (Wildman–Crippen MR) is 83.3 cm³/mol. The van der Waals surface area contributed by atoms with Crippen molar-refractivity contribution in [2.75, 3.05) is 13.1 Å². The molecule has 0 saturated carbocycles. The molecular formula is C16H15ClN2O4. The Balaban J connectivity index is 1.95. The van der Waals surface area contributed by atoms with Crippen LogP contribution in [0.4, 0.5) is 0 Å². The number of rotatable bonds is 3. The van der Waals surface area contributed by atoms with Crippen molar-refractivity contribution < 1.29 is 19.2 Å². The number of amides is 1. The summed E-state index contributed by atoms with van der Waals surface area (Å²) in [5, 5.41) is 13.5. The number of carboxylic acid groups (broad SMARTS) is 1. The topological polar surface area (TPSA) is 83.6 Å². The zero-order valence-electron chi connectivity index (χ0n) is 12.5. The van der Waals surface area contributed by atoms with Crippen LogP contribution in [0.25, 0.3) is 11.3 Å². The van der Waals surface area contributed by atoms with Gasteiger partial charge in [-0.3, -0.25) is 9.59 Å². The van der Waals surface area contributed by atoms with E-state index in [0.717, 1.165) is 0 Å². The smallest absolute Gasteiger partial charge is 0.308 e. The molecule has 3 rings (SSSR count). The van der Waals surface area contributed by atoms with Crippen LogP contribution in [0.1, 0.15) is 22.5 Å². The lowest BCUT2D eigenvalue weighted by Crippen LogP contribution is -2.30. The van der Waals surface area contributed by atoms with E-state index in [1.54, 1.807) is 31.2 Å². The lowest BCUT2D eigenvalue weighted by atomic mass is 10.1. The summed E-state index contributed by atoms with van der Waals surface area (Å²) in [5.41, 5.74) is 1.34. The molecule has 6 nitrogen and oxygen atoms in total. The number of halogens is 1. The monoisotopic (exact) mass is 334 g/mol. The Morgan fingerprint density at radius 1 is 1.39 bits per heavy atom. The molecule has 0 bridgehead atoms. The van der Waals surface area contributed by atoms with Crippen molar-refractivity contribution >= 4 is 23.5 Å². The van der Waals surface area contributed by atoms with Crippen LogP contribution >= 0.6 is 11.6 Å². The summed E-state index contributed by atoms with van der Waals surface area (Å²) < 4.78 is 5.19. The number of aromatic nitrogens is 1. The van der Waals surface area contributed by atoms with Crippen molar-refractivity contribution in [1.29, 1.82) is 0 Å². The van der Waals surface area contributed by atoms with Crippen LogP contribution in [0, 0.1) is 12.8 Å². The second-order valence-corrected chi connectivity index (χ2v) is 5.92. The van der Waals surface area contributed by atoms with Gasteiger partial charge in [0, 0.05) is 18.7 Å². The molecule has 1 aromatic heterocycles. The van der Waals surface area contributed by atoms with E-state index in [4.69, 9.17) is 21.2 Å². The van der Waals surface area contributed by atoms with E-state index >= 15 is 0 Å². The van der Waals surface area contributed by atoms with E-state index in [1.165, 1.54) is 4.90 Å². The number of aryl methyl sites for hydroxylation is 1. The van der Waals surface area contributed by atoms with Gasteiger partial charge in [0.05, 0.1) is 10.9 Å². The average molecular weight is 335 g/mol. The number of aliphatic carboxylic acids is 1. The summed E-state index contributed by atoms with van der Waals surface area (Å²) in [6.07, 6.45) is 0.451. The fourth-order valence-electron chi connectivity index (χ4n) is 2.77. The molecule has 1 amide bonds. The van der Waals surface area contributed by atoms with Gasteiger partial charge in [-0.15, -0.1) is 0 Å². The highest BCUT2D eigenvalue weighted by Crippen LogP contribution is 2.32. The fraction of sp³-hybridized carbons (Fsp3) is 0.312. The molecule has 1 aliphatic rings. The Kier molecular flexibility index (Phi) is 4.09. The number of carboxylic acids is 1. The SMILES string of the molecule is Cc1onc(-c2ccccc2Cl)c1C(=O)N1CCC(C(=O)O)C1. The zero-order valence-corrected chi connectivity index (χ0v) is 13.2. The lowest BCUT2D eigenvalue weighted by molar-refractivity contribution is -0.141. The largest absolute Gasteiger partial charge is 0.481 e. The first-order valence-corrected chi connectivity index (χ1v) is 7.60. The van der Waals surface area contributed by atoms with Crippen LogP contribution in [0.3, 0.4) is 0 Å². The van der Waals surface area contributed by atoms with Gasteiger partial charge in [-0.25, -0.2) is 0 Å². The highest BCUT2D eigenvalue weighted by molar-refractivity contribution is 6.33. The van der Waals surface area contributed by atoms with E-state index in [-0.39, 0.29) is 12.5 Å². The third-order valence-corrected chi connectivity index (χ3v) is 4.36. The molecule has 1 aliphatic heterocycles. The Morgan fingerprint density at radius 3 is 2.78 bits per heavy atom. The number of carbonyl (C=O) groups excluding carboxylic acids is 1. The minimum absolute atomic E-state index is 0.195. The number of benzene rings is 1. The van der Waals surface area contributed by atoms with E-state index in [1.807, 2.05) is 0 Å². The van der Waals surface area contributed by atoms with Crippen molar-refractivity contribution in [2.24, 2.45) is 5.92 Å². The molecule has 1 unspecified atom stereocenters. The highest BCUT2D eigenvalue weighted by atomic mass is 35.5. The molecule has 120 valence electrons. The third-order valence-electron chi connectivity index (χ3n) is 4.03. The molecule has 1 fully saturated rings. The summed E-state index contributed by atoms with van der Waals surface area (Å²) in [5.74, 6) is -1.29. The van der Waals surface area contributed by atoms with E-state index in [9.17, 15) is 9.59 Å². The van der Waals surface area contributed by atoms with Crippen molar-refractivity contribution in [2.45, 2.75) is 13.3 Å². The molecular weight excluding hydrogens is 320 g/mol. The summed E-state index contributed by atoms with van der Waals surface area (Å²) in [6.45, 7) is 2.26. The van der Waals surface area contributed by atoms with Crippen LogP contribution < -0.4 is 0 Å². The quantitative estimate of drug-likeness (QED) is 0.933. The molecule has 1 N–H and O–H groups in total. The van der Waals surface area contributed by atoms with Gasteiger partial charge in [0.1, 0.15) is 17.0 Å². The van der Waals surface area contributed by atoms with Crippen molar-refractivity contribution in [1.82, 2.24) is 10.1 Å². The molecule has 0 aliphatic carbocycles. The molecule has 2 aromatic rings. The lowest BCUT2D eigenvalue weighted by Gasteiger charge is -2.16. The van der Waals surface area contributed by atoms with Gasteiger partial charge in [0.15, 0.2) is 0 Å². The van der Waals surface area contributed by atoms with E-state index < -0.39 is 11.9 Å². The number of carbonyl (C=O) groups is 2. The van der Waals surface area contributed by atoms with Crippen LogP contribution in [-0.2, 0) is 4.79 Å². The summed E-state index contributed by atoms with van der Waals surface area (Å²) in [7, 11) is 0. The minimum Gasteiger partial charge on any atom is -0.481 e. The van der Waals surface area contributed by atoms with Gasteiger partial charge >= 0.3 is 5.97 Å². The third kappa shape index (κ3) is 2.82. The number of hydrogen-bond acceptors (Lipinski definition) is 4. The Labute approximate surface area is 137 Å². The molecule has 1 atom stereocenters. The Morgan fingerprint density at radius 2 is 2.13 bits per heavy atom. The standard InChI is InChI=1S/C16H15ClN2O4/c1-9-13(15(20)19-7-6-10(8-19)16(21)22)14(18-23-9)11-4-2-3-5-12(11)17/h2-5,10H,6-8H2,1H3,(H,21,22). The molecule has 2 heterocycles. The van der Waals surface area contributed by atoms with Crippen molar-refractivity contribution in [3.8, 4) is 11.3 Å². The van der Waals surface area contributed by atoms with Gasteiger partial charge in [-0.1, -0.05) is 35.0 Å². The molecule has 0 spiro atoms. The van der Waals surface area contributed by atoms with Crippen LogP contribution in [0.15, 0.2) is 28.8 Å². The fourth-order valence-corrected chi connectivity index (χ4v) is 2.99. The summed E-state index contributed by atoms with van der Waals surface area (Å²) in [6, 6.07) is 7.07. The second-order valence-electron chi connectivity index (χ2n) is 5.52. The zero-order chi connectivity index (χ0) is 16.6. The van der Waals surface area contributed by atoms with Gasteiger partial charge < -0.3 is 14.5 Å². The van der Waals surface area contributed by atoms with E-state index in [2.05, 4.69) is 5.16 Å². The molecule has 0 radical (unpaired) electrons. The maximum atomic E-state index is 12.8. The van der Waals surface area contributed by atoms with E-state index in [0.29, 0.717) is 40.6 Å². The number of hydrogen-bond donors (Lipinski definition) is 1. The van der Waals surface area contributed by atoms with Crippen molar-refractivity contribution in [3.63, 3.8) is 0 Å². The van der Waals surface area contributed by atoms with Crippen LogP contribution in [-0.4, -0.2) is 40.1 Å². The molecule has 1 saturated heterocycles. The highest BCUT2D eigenvalue weighted by Gasteiger charge is 2.34. The van der Waals surface area contributed by atoms with Crippen LogP contribution in [0.5, 0.6) is 0 Å². The normalized spacial score (nSPS) is 17.5. The summed E-state index contributed by atoms with van der Waals surface area (Å²) in [4.78, 5) is 25.4. The van der Waals surface area contributed by atoms with Crippen molar-refractivity contribution in [3.05, 3.63) is 40.6 Å². The molecule has 1 aromatic carbocycles. The van der Waals surface area contributed by atoms with Gasteiger partial charge in [-0.05, 0) is 19.4 Å². The van der Waals surface area contributed by atoms with Crippen LogP contribution in [0.2, 0.25) is 5.02 Å². The first-order chi connectivity index (χ1) is 11.0. The number of likely N-dealkylation sites (tertiary alicyclic amines) is 1. The first kappa shape index (κ1) is 15.6. The Bertz CT molecular complexity index is 771. The maximum Gasteiger partial charge on any atom is 0.308 e. The maximum absolute atomic E-state index is 12.8. The van der Waals surface area contributed by atoms with Gasteiger partial charge in [-0.2, -0.15) is 0 Å². The number of nitrogens with zero attached hydrogens (tertiary/aromatic N) is 2.